The smallest absolute Gasteiger partial charge is 0.191 e. The van der Waals surface area contributed by atoms with E-state index in [1.165, 1.54) is 0 Å². The Morgan fingerprint density at radius 1 is 1.31 bits per heavy atom. The maximum Gasteiger partial charge on any atom is 0.191 e. The molecule has 1 atom stereocenters. The van der Waals surface area contributed by atoms with E-state index in [1.54, 1.807) is 11.8 Å². The summed E-state index contributed by atoms with van der Waals surface area (Å²) in [5, 5.41) is 7.19. The van der Waals surface area contributed by atoms with Crippen molar-refractivity contribution >= 4 is 35.2 Å². The molecule has 0 radical (unpaired) electrons. The van der Waals surface area contributed by atoms with Crippen LogP contribution in [0.2, 0.25) is 0 Å². The molecule has 0 saturated heterocycles. The summed E-state index contributed by atoms with van der Waals surface area (Å²) in [6.45, 7) is 2.15. The van der Waals surface area contributed by atoms with E-state index >= 15 is 0 Å². The van der Waals surface area contributed by atoms with Crippen molar-refractivity contribution in [1.29, 1.82) is 0 Å². The molecule has 90 valence electrons. The fourth-order valence-electron chi connectivity index (χ4n) is 1.26. The molecule has 1 aromatic rings. The van der Waals surface area contributed by atoms with Crippen molar-refractivity contribution in [2.45, 2.75) is 18.1 Å². The molecular formula is C10H18N4S2. The van der Waals surface area contributed by atoms with Gasteiger partial charge in [0.2, 0.25) is 0 Å². The molecule has 0 aromatic carbocycles. The lowest BCUT2D eigenvalue weighted by Gasteiger charge is -2.14. The van der Waals surface area contributed by atoms with Gasteiger partial charge in [-0.2, -0.15) is 11.8 Å². The van der Waals surface area contributed by atoms with Crippen LogP contribution >= 0.6 is 23.5 Å². The zero-order valence-electron chi connectivity index (χ0n) is 10.1. The number of hydrogen-bond acceptors (Lipinski definition) is 6. The van der Waals surface area contributed by atoms with Crippen molar-refractivity contribution in [3.8, 4) is 0 Å². The zero-order chi connectivity index (χ0) is 12.0. The summed E-state index contributed by atoms with van der Waals surface area (Å²) in [4.78, 5) is 8.73. The zero-order valence-corrected chi connectivity index (χ0v) is 11.7. The van der Waals surface area contributed by atoms with E-state index in [0.717, 1.165) is 22.5 Å². The molecule has 0 aliphatic carbocycles. The second-order valence-corrected chi connectivity index (χ2v) is 5.06. The van der Waals surface area contributed by atoms with Crippen LogP contribution in [0, 0.1) is 0 Å². The van der Waals surface area contributed by atoms with Gasteiger partial charge in [-0.15, -0.1) is 0 Å². The molecule has 1 aromatic heterocycles. The van der Waals surface area contributed by atoms with Gasteiger partial charge in [0.05, 0.1) is 0 Å². The minimum absolute atomic E-state index is 0.407. The van der Waals surface area contributed by atoms with Gasteiger partial charge in [0.1, 0.15) is 11.6 Å². The summed E-state index contributed by atoms with van der Waals surface area (Å²) in [6.07, 6.45) is 4.08. The Morgan fingerprint density at radius 3 is 2.56 bits per heavy atom. The van der Waals surface area contributed by atoms with Crippen LogP contribution in [0.3, 0.4) is 0 Å². The van der Waals surface area contributed by atoms with Crippen LogP contribution < -0.4 is 10.6 Å². The Hall–Kier alpha value is -0.620. The summed E-state index contributed by atoms with van der Waals surface area (Å²) in [6, 6.07) is 2.33. The molecule has 0 bridgehead atoms. The Kier molecular flexibility index (Phi) is 5.76. The molecule has 0 aliphatic rings. The van der Waals surface area contributed by atoms with Crippen LogP contribution in [0.1, 0.15) is 6.92 Å². The van der Waals surface area contributed by atoms with Gasteiger partial charge < -0.3 is 10.6 Å². The monoisotopic (exact) mass is 258 g/mol. The quantitative estimate of drug-likeness (QED) is 0.603. The van der Waals surface area contributed by atoms with E-state index in [2.05, 4.69) is 33.8 Å². The molecule has 1 unspecified atom stereocenters. The first-order chi connectivity index (χ1) is 7.69. The van der Waals surface area contributed by atoms with Gasteiger partial charge in [-0.25, -0.2) is 9.97 Å². The Bertz CT molecular complexity index is 310. The topological polar surface area (TPSA) is 49.8 Å². The largest absolute Gasteiger partial charge is 0.373 e. The molecule has 6 heteroatoms. The van der Waals surface area contributed by atoms with Crippen molar-refractivity contribution in [1.82, 2.24) is 9.97 Å². The number of anilines is 2. The van der Waals surface area contributed by atoms with E-state index in [9.17, 15) is 0 Å². The van der Waals surface area contributed by atoms with Crippen LogP contribution in [-0.2, 0) is 0 Å². The molecule has 1 heterocycles. The molecule has 16 heavy (non-hydrogen) atoms. The molecule has 0 spiro atoms. The van der Waals surface area contributed by atoms with E-state index in [1.807, 2.05) is 31.1 Å². The molecule has 0 aliphatic heterocycles. The van der Waals surface area contributed by atoms with Crippen molar-refractivity contribution < 1.29 is 0 Å². The van der Waals surface area contributed by atoms with Crippen LogP contribution in [0.25, 0.3) is 0 Å². The van der Waals surface area contributed by atoms with Crippen molar-refractivity contribution in [3.05, 3.63) is 6.07 Å². The molecular weight excluding hydrogens is 240 g/mol. The van der Waals surface area contributed by atoms with E-state index in [4.69, 9.17) is 0 Å². The first-order valence-corrected chi connectivity index (χ1v) is 7.67. The van der Waals surface area contributed by atoms with Crippen molar-refractivity contribution in [3.63, 3.8) is 0 Å². The normalized spacial score (nSPS) is 12.2. The molecule has 1 rings (SSSR count). The second-order valence-electron chi connectivity index (χ2n) is 3.38. The van der Waals surface area contributed by atoms with Crippen LogP contribution in [0.15, 0.2) is 11.2 Å². The maximum atomic E-state index is 4.41. The van der Waals surface area contributed by atoms with Gasteiger partial charge in [-0.1, -0.05) is 11.8 Å². The summed E-state index contributed by atoms with van der Waals surface area (Å²) >= 11 is 3.37. The number of thioether (sulfide) groups is 2. The van der Waals surface area contributed by atoms with Gasteiger partial charge in [-0.05, 0) is 19.4 Å². The number of aromatic nitrogens is 2. The summed E-state index contributed by atoms with van der Waals surface area (Å²) in [5.41, 5.74) is 0. The number of nitrogens with one attached hydrogen (secondary N) is 2. The highest BCUT2D eigenvalue weighted by atomic mass is 32.2. The number of rotatable bonds is 6. The predicted octanol–water partition coefficient (Wildman–Crippen LogP) is 2.40. The minimum Gasteiger partial charge on any atom is -0.373 e. The lowest BCUT2D eigenvalue weighted by Crippen LogP contribution is -2.19. The van der Waals surface area contributed by atoms with Gasteiger partial charge in [0.15, 0.2) is 5.16 Å². The Balaban J connectivity index is 2.78. The van der Waals surface area contributed by atoms with Crippen LogP contribution in [-0.4, -0.2) is 41.3 Å². The highest BCUT2D eigenvalue weighted by Gasteiger charge is 2.06. The van der Waals surface area contributed by atoms with E-state index in [-0.39, 0.29) is 0 Å². The third-order valence-electron chi connectivity index (χ3n) is 1.96. The Morgan fingerprint density at radius 2 is 2.00 bits per heavy atom. The third-order valence-corrected chi connectivity index (χ3v) is 3.34. The predicted molar refractivity (Wildman–Crippen MR) is 74.8 cm³/mol. The fraction of sp³-hybridized carbons (Fsp3) is 0.600. The van der Waals surface area contributed by atoms with E-state index in [0.29, 0.717) is 6.04 Å². The number of nitrogens with zero attached hydrogens (tertiary/aromatic N) is 2. The molecule has 0 saturated carbocycles. The summed E-state index contributed by atoms with van der Waals surface area (Å²) < 4.78 is 0. The minimum atomic E-state index is 0.407. The fourth-order valence-corrected chi connectivity index (χ4v) is 2.23. The summed E-state index contributed by atoms with van der Waals surface area (Å²) in [7, 11) is 1.86. The highest BCUT2D eigenvalue weighted by Crippen LogP contribution is 2.17. The van der Waals surface area contributed by atoms with Crippen molar-refractivity contribution in [2.75, 3.05) is 35.9 Å². The summed E-state index contributed by atoms with van der Waals surface area (Å²) in [5.74, 6) is 2.79. The lowest BCUT2D eigenvalue weighted by molar-refractivity contribution is 0.879. The average Bonchev–Trinajstić information content (AvgIpc) is 2.28. The van der Waals surface area contributed by atoms with Crippen LogP contribution in [0.4, 0.5) is 11.6 Å². The first kappa shape index (κ1) is 13.4. The molecule has 4 nitrogen and oxygen atoms in total. The standard InChI is InChI=1S/C10H18N4S2/c1-7(6-15-3)12-9-5-8(11-2)13-10(14-9)16-4/h5,7H,6H2,1-4H3,(H2,11,12,13,14). The number of hydrogen-bond donors (Lipinski definition) is 2. The van der Waals surface area contributed by atoms with Gasteiger partial charge in [-0.3, -0.25) is 0 Å². The van der Waals surface area contributed by atoms with Crippen LogP contribution in [0.5, 0.6) is 0 Å². The highest BCUT2D eigenvalue weighted by molar-refractivity contribution is 7.98. The SMILES string of the molecule is CNc1cc(NC(C)CSC)nc(SC)n1. The van der Waals surface area contributed by atoms with Gasteiger partial charge >= 0.3 is 0 Å². The molecule has 2 N–H and O–H groups in total. The molecule has 0 fully saturated rings. The average molecular weight is 258 g/mol. The second kappa shape index (κ2) is 6.85. The Labute approximate surface area is 105 Å². The lowest BCUT2D eigenvalue weighted by atomic mass is 10.4. The van der Waals surface area contributed by atoms with E-state index < -0.39 is 0 Å². The maximum absolute atomic E-state index is 4.41. The third kappa shape index (κ3) is 4.09. The van der Waals surface area contributed by atoms with Crippen molar-refractivity contribution in [2.24, 2.45) is 0 Å². The van der Waals surface area contributed by atoms with Gasteiger partial charge in [0, 0.05) is 24.9 Å². The first-order valence-electron chi connectivity index (χ1n) is 5.06. The van der Waals surface area contributed by atoms with Gasteiger partial charge in [0.25, 0.3) is 0 Å². The molecule has 0 amide bonds.